The largest absolute Gasteiger partial charge is 0.496 e. The molecule has 0 fully saturated rings. The monoisotopic (exact) mass is 387 g/mol. The molecule has 2 N–H and O–H groups in total. The Morgan fingerprint density at radius 2 is 1.78 bits per heavy atom. The summed E-state index contributed by atoms with van der Waals surface area (Å²) in [6, 6.07) is 14.5. The summed E-state index contributed by atoms with van der Waals surface area (Å²) >= 11 is 5.81. The number of benzene rings is 2. The zero-order chi connectivity index (χ0) is 19.6. The molecule has 6 nitrogen and oxygen atoms in total. The van der Waals surface area contributed by atoms with Crippen molar-refractivity contribution in [2.75, 3.05) is 7.11 Å². The normalized spacial score (nSPS) is 11.0. The summed E-state index contributed by atoms with van der Waals surface area (Å²) in [5.74, 6) is 0.276. The number of carbonyl (C=O) groups is 2. The first-order valence-electron chi connectivity index (χ1n) is 8.43. The van der Waals surface area contributed by atoms with Gasteiger partial charge in [-0.1, -0.05) is 41.9 Å². The second-order valence-corrected chi connectivity index (χ2v) is 6.39. The molecule has 0 unspecified atom stereocenters. The van der Waals surface area contributed by atoms with Crippen molar-refractivity contribution < 1.29 is 14.3 Å². The molecule has 0 saturated carbocycles. The Hall–Kier alpha value is -2.86. The molecule has 7 heteroatoms. The van der Waals surface area contributed by atoms with Crippen molar-refractivity contribution in [1.29, 1.82) is 0 Å². The third-order valence-corrected chi connectivity index (χ3v) is 3.99. The Labute approximate surface area is 163 Å². The van der Waals surface area contributed by atoms with E-state index in [1.165, 1.54) is 0 Å². The van der Waals surface area contributed by atoms with E-state index in [-0.39, 0.29) is 24.7 Å². The van der Waals surface area contributed by atoms with Gasteiger partial charge in [-0.3, -0.25) is 9.59 Å². The van der Waals surface area contributed by atoms with E-state index in [2.05, 4.69) is 15.8 Å². The lowest BCUT2D eigenvalue weighted by molar-refractivity contribution is -0.121. The Morgan fingerprint density at radius 1 is 1.07 bits per heavy atom. The van der Waals surface area contributed by atoms with Gasteiger partial charge in [-0.05, 0) is 30.7 Å². The third-order valence-electron chi connectivity index (χ3n) is 3.73. The number of ether oxygens (including phenoxy) is 1. The minimum atomic E-state index is -0.258. The summed E-state index contributed by atoms with van der Waals surface area (Å²) in [5.41, 5.74) is 4.69. The van der Waals surface area contributed by atoms with Crippen molar-refractivity contribution in [1.82, 2.24) is 10.7 Å². The number of nitrogens with zero attached hydrogens (tertiary/aromatic N) is 1. The van der Waals surface area contributed by atoms with Crippen LogP contribution >= 0.6 is 11.6 Å². The Morgan fingerprint density at radius 3 is 2.48 bits per heavy atom. The van der Waals surface area contributed by atoms with Gasteiger partial charge < -0.3 is 10.1 Å². The molecule has 0 aliphatic heterocycles. The third kappa shape index (κ3) is 7.11. The molecule has 2 amide bonds. The average molecular weight is 388 g/mol. The number of methoxy groups -OCH3 is 1. The van der Waals surface area contributed by atoms with Crippen molar-refractivity contribution in [3.05, 3.63) is 64.7 Å². The van der Waals surface area contributed by atoms with Crippen LogP contribution in [0.3, 0.4) is 0 Å². The van der Waals surface area contributed by atoms with E-state index in [9.17, 15) is 9.59 Å². The molecule has 0 aromatic heterocycles. The molecule has 0 saturated heterocycles. The number of carbonyl (C=O) groups excluding carboxylic acids is 2. The molecular weight excluding hydrogens is 366 g/mol. The van der Waals surface area contributed by atoms with E-state index < -0.39 is 0 Å². The molecule has 0 radical (unpaired) electrons. The standard InChI is InChI=1S/C20H22ClN3O3/c1-14(23-24-20(26)12-15-7-9-17(21)10-8-15)11-19(25)22-13-16-5-3-4-6-18(16)27-2/h3-10H,11-13H2,1-2H3,(H,22,25)(H,24,26). The van der Waals surface area contributed by atoms with Gasteiger partial charge in [0.05, 0.1) is 20.0 Å². The second kappa shape index (κ2) is 10.3. The van der Waals surface area contributed by atoms with Crippen LogP contribution in [0.5, 0.6) is 5.75 Å². The summed E-state index contributed by atoms with van der Waals surface area (Å²) in [5, 5.41) is 7.40. The molecule has 2 rings (SSSR count). The predicted octanol–water partition coefficient (Wildman–Crippen LogP) is 3.09. The average Bonchev–Trinajstić information content (AvgIpc) is 2.67. The van der Waals surface area contributed by atoms with Crippen molar-refractivity contribution in [3.63, 3.8) is 0 Å². The number of nitrogens with one attached hydrogen (secondary N) is 2. The van der Waals surface area contributed by atoms with Crippen molar-refractivity contribution >= 4 is 29.1 Å². The van der Waals surface area contributed by atoms with Gasteiger partial charge in [0, 0.05) is 22.8 Å². The van der Waals surface area contributed by atoms with Gasteiger partial charge >= 0.3 is 0 Å². The van der Waals surface area contributed by atoms with Crippen LogP contribution in [0.2, 0.25) is 5.02 Å². The van der Waals surface area contributed by atoms with Gasteiger partial charge in [0.25, 0.3) is 0 Å². The van der Waals surface area contributed by atoms with Crippen LogP contribution in [0, 0.1) is 0 Å². The minimum Gasteiger partial charge on any atom is -0.496 e. The number of halogens is 1. The second-order valence-electron chi connectivity index (χ2n) is 5.95. The summed E-state index contributed by atoms with van der Waals surface area (Å²) < 4.78 is 5.25. The highest BCUT2D eigenvalue weighted by atomic mass is 35.5. The number of rotatable bonds is 8. The van der Waals surface area contributed by atoms with Gasteiger partial charge in [0.2, 0.25) is 11.8 Å². The van der Waals surface area contributed by atoms with Crippen LogP contribution in [0.15, 0.2) is 53.6 Å². The maximum atomic E-state index is 12.0. The quantitative estimate of drug-likeness (QED) is 0.539. The lowest BCUT2D eigenvalue weighted by Crippen LogP contribution is -2.26. The van der Waals surface area contributed by atoms with Crippen LogP contribution in [-0.4, -0.2) is 24.6 Å². The molecule has 2 aromatic rings. The molecule has 0 atom stereocenters. The SMILES string of the molecule is COc1ccccc1CNC(=O)CC(C)=NNC(=O)Cc1ccc(Cl)cc1. The van der Waals surface area contributed by atoms with Gasteiger partial charge in [-0.15, -0.1) is 0 Å². The maximum absolute atomic E-state index is 12.0. The predicted molar refractivity (Wildman–Crippen MR) is 106 cm³/mol. The maximum Gasteiger partial charge on any atom is 0.244 e. The fraction of sp³-hybridized carbons (Fsp3) is 0.250. The van der Waals surface area contributed by atoms with E-state index in [0.29, 0.717) is 17.3 Å². The smallest absolute Gasteiger partial charge is 0.244 e. The highest BCUT2D eigenvalue weighted by Gasteiger charge is 2.07. The van der Waals surface area contributed by atoms with Gasteiger partial charge in [-0.2, -0.15) is 5.10 Å². The number of hydrogen-bond donors (Lipinski definition) is 2. The number of amides is 2. The number of hydrazone groups is 1. The van der Waals surface area contributed by atoms with Crippen LogP contribution in [-0.2, 0) is 22.6 Å². The molecule has 0 aliphatic carbocycles. The highest BCUT2D eigenvalue weighted by molar-refractivity contribution is 6.30. The van der Waals surface area contributed by atoms with Crippen molar-refractivity contribution in [2.24, 2.45) is 5.10 Å². The van der Waals surface area contributed by atoms with E-state index in [1.807, 2.05) is 24.3 Å². The van der Waals surface area contributed by atoms with Crippen molar-refractivity contribution in [3.8, 4) is 5.75 Å². The highest BCUT2D eigenvalue weighted by Crippen LogP contribution is 2.16. The van der Waals surface area contributed by atoms with E-state index in [0.717, 1.165) is 16.9 Å². The fourth-order valence-electron chi connectivity index (χ4n) is 2.36. The molecule has 0 heterocycles. The Bertz CT molecular complexity index is 819. The molecule has 0 bridgehead atoms. The fourth-order valence-corrected chi connectivity index (χ4v) is 2.49. The Balaban J connectivity index is 1.77. The summed E-state index contributed by atoms with van der Waals surface area (Å²) in [7, 11) is 1.59. The summed E-state index contributed by atoms with van der Waals surface area (Å²) in [4.78, 5) is 23.9. The molecule has 0 spiro atoms. The number of hydrogen-bond acceptors (Lipinski definition) is 4. The van der Waals surface area contributed by atoms with Gasteiger partial charge in [-0.25, -0.2) is 5.43 Å². The van der Waals surface area contributed by atoms with Crippen LogP contribution in [0.1, 0.15) is 24.5 Å². The first kappa shape index (κ1) is 20.5. The van der Waals surface area contributed by atoms with Crippen LogP contribution < -0.4 is 15.5 Å². The van der Waals surface area contributed by atoms with E-state index in [4.69, 9.17) is 16.3 Å². The zero-order valence-electron chi connectivity index (χ0n) is 15.3. The molecular formula is C20H22ClN3O3. The lowest BCUT2D eigenvalue weighted by atomic mass is 10.1. The van der Waals surface area contributed by atoms with Gasteiger partial charge in [0.1, 0.15) is 5.75 Å². The van der Waals surface area contributed by atoms with Crippen LogP contribution in [0.4, 0.5) is 0 Å². The minimum absolute atomic E-state index is 0.0936. The number of para-hydroxylation sites is 1. The summed E-state index contributed by atoms with van der Waals surface area (Å²) in [6.45, 7) is 2.05. The molecule has 142 valence electrons. The molecule has 27 heavy (non-hydrogen) atoms. The van der Waals surface area contributed by atoms with E-state index in [1.54, 1.807) is 38.3 Å². The molecule has 2 aromatic carbocycles. The lowest BCUT2D eigenvalue weighted by Gasteiger charge is -2.09. The van der Waals surface area contributed by atoms with Crippen molar-refractivity contribution in [2.45, 2.75) is 26.3 Å². The Kier molecular flexibility index (Phi) is 7.82. The molecule has 0 aliphatic rings. The first-order valence-corrected chi connectivity index (χ1v) is 8.80. The summed E-state index contributed by atoms with van der Waals surface area (Å²) in [6.07, 6.45) is 0.282. The van der Waals surface area contributed by atoms with E-state index >= 15 is 0 Å². The van der Waals surface area contributed by atoms with Gasteiger partial charge in [0.15, 0.2) is 0 Å². The zero-order valence-corrected chi connectivity index (χ0v) is 16.0. The van der Waals surface area contributed by atoms with Crippen LogP contribution in [0.25, 0.3) is 0 Å². The topological polar surface area (TPSA) is 79.8 Å². The first-order chi connectivity index (χ1) is 13.0.